The van der Waals surface area contributed by atoms with Crippen molar-refractivity contribution in [1.29, 1.82) is 0 Å². The van der Waals surface area contributed by atoms with Crippen molar-refractivity contribution in [2.24, 2.45) is 0 Å². The summed E-state index contributed by atoms with van der Waals surface area (Å²) >= 11 is 5.69. The van der Waals surface area contributed by atoms with Gasteiger partial charge in [0.2, 0.25) is 10.0 Å². The maximum absolute atomic E-state index is 11.5. The van der Waals surface area contributed by atoms with Gasteiger partial charge < -0.3 is 5.73 Å². The number of nitrogens with one attached hydrogen (secondary N) is 1. The molecule has 1 rings (SSSR count). The number of benzene rings is 1. The van der Waals surface area contributed by atoms with Gasteiger partial charge in [-0.15, -0.1) is 0 Å². The average Bonchev–Trinajstić information content (AvgIpc) is 2.09. The Bertz CT molecular complexity index is 457. The lowest BCUT2D eigenvalue weighted by molar-refractivity contribution is 0.593. The second kappa shape index (κ2) is 4.28. The molecule has 0 bridgehead atoms. The number of sulfonamides is 1. The zero-order chi connectivity index (χ0) is 11.6. The first-order valence-corrected chi connectivity index (χ1v) is 6.32. The van der Waals surface area contributed by atoms with Crippen molar-refractivity contribution >= 4 is 33.0 Å². The van der Waals surface area contributed by atoms with Crippen LogP contribution in [-0.2, 0) is 10.0 Å². The van der Waals surface area contributed by atoms with Crippen LogP contribution in [0.5, 0.6) is 0 Å². The van der Waals surface area contributed by atoms with Gasteiger partial charge in [0.1, 0.15) is 0 Å². The summed E-state index contributed by atoms with van der Waals surface area (Å²) in [5.74, 6) is 0. The van der Waals surface area contributed by atoms with Gasteiger partial charge in [0.25, 0.3) is 0 Å². The maximum Gasteiger partial charge on any atom is 0.235 e. The standard InChI is InChI=1S/C9H13ClN2O2S/c1-6(2)15(13,14)12-9-4-3-7(10)5-8(9)11/h3-6,12H,11H2,1-2H3. The molecular weight excluding hydrogens is 236 g/mol. The quantitative estimate of drug-likeness (QED) is 0.805. The molecule has 0 radical (unpaired) electrons. The van der Waals surface area contributed by atoms with Gasteiger partial charge in [-0.2, -0.15) is 0 Å². The Balaban J connectivity index is 3.01. The van der Waals surface area contributed by atoms with Crippen molar-refractivity contribution in [3.63, 3.8) is 0 Å². The highest BCUT2D eigenvalue weighted by molar-refractivity contribution is 7.93. The third-order valence-corrected chi connectivity index (χ3v) is 3.87. The number of hydrogen-bond donors (Lipinski definition) is 2. The fourth-order valence-corrected chi connectivity index (χ4v) is 1.81. The van der Waals surface area contributed by atoms with E-state index in [1.54, 1.807) is 19.9 Å². The molecule has 0 spiro atoms. The number of halogens is 1. The fourth-order valence-electron chi connectivity index (χ4n) is 0.898. The van der Waals surface area contributed by atoms with Crippen molar-refractivity contribution in [2.75, 3.05) is 10.5 Å². The first-order chi connectivity index (χ1) is 6.83. The first-order valence-electron chi connectivity index (χ1n) is 4.39. The second-order valence-corrected chi connectivity index (χ2v) is 6.10. The van der Waals surface area contributed by atoms with Crippen molar-refractivity contribution in [3.8, 4) is 0 Å². The van der Waals surface area contributed by atoms with Gasteiger partial charge in [-0.25, -0.2) is 8.42 Å². The smallest absolute Gasteiger partial charge is 0.235 e. The Labute approximate surface area is 94.5 Å². The van der Waals surface area contributed by atoms with E-state index < -0.39 is 15.3 Å². The van der Waals surface area contributed by atoms with E-state index in [0.29, 0.717) is 16.4 Å². The summed E-state index contributed by atoms with van der Waals surface area (Å²) in [4.78, 5) is 0. The molecule has 0 saturated carbocycles. The SMILES string of the molecule is CC(C)S(=O)(=O)Nc1ccc(Cl)cc1N. The molecule has 0 aliphatic rings. The molecule has 15 heavy (non-hydrogen) atoms. The van der Waals surface area contributed by atoms with Gasteiger partial charge in [0, 0.05) is 5.02 Å². The van der Waals surface area contributed by atoms with Crippen LogP contribution in [0.25, 0.3) is 0 Å². The number of nitrogen functional groups attached to an aromatic ring is 1. The predicted octanol–water partition coefficient (Wildman–Crippen LogP) is 2.07. The minimum Gasteiger partial charge on any atom is -0.397 e. The third-order valence-electron chi connectivity index (χ3n) is 1.89. The highest BCUT2D eigenvalue weighted by Gasteiger charge is 2.16. The van der Waals surface area contributed by atoms with Gasteiger partial charge in [-0.05, 0) is 32.0 Å². The van der Waals surface area contributed by atoms with Gasteiger partial charge in [-0.3, -0.25) is 4.72 Å². The summed E-state index contributed by atoms with van der Waals surface area (Å²) in [6, 6.07) is 4.62. The van der Waals surface area contributed by atoms with E-state index in [4.69, 9.17) is 17.3 Å². The molecule has 0 fully saturated rings. The molecular formula is C9H13ClN2O2S. The average molecular weight is 249 g/mol. The molecule has 6 heteroatoms. The monoisotopic (exact) mass is 248 g/mol. The van der Waals surface area contributed by atoms with Crippen LogP contribution >= 0.6 is 11.6 Å². The molecule has 0 aliphatic carbocycles. The van der Waals surface area contributed by atoms with Crippen LogP contribution in [0.1, 0.15) is 13.8 Å². The van der Waals surface area contributed by atoms with Crippen molar-refractivity contribution in [3.05, 3.63) is 23.2 Å². The summed E-state index contributed by atoms with van der Waals surface area (Å²) in [6.45, 7) is 3.18. The Morgan fingerprint density at radius 1 is 1.40 bits per heavy atom. The van der Waals surface area contributed by atoms with E-state index >= 15 is 0 Å². The van der Waals surface area contributed by atoms with E-state index in [2.05, 4.69) is 4.72 Å². The molecule has 0 unspecified atom stereocenters. The van der Waals surface area contributed by atoms with Gasteiger partial charge in [0.05, 0.1) is 16.6 Å². The molecule has 3 N–H and O–H groups in total. The van der Waals surface area contributed by atoms with Gasteiger partial charge in [-0.1, -0.05) is 11.6 Å². The van der Waals surface area contributed by atoms with E-state index in [0.717, 1.165) is 0 Å². The fraction of sp³-hybridized carbons (Fsp3) is 0.333. The molecule has 1 aromatic rings. The molecule has 0 saturated heterocycles. The third kappa shape index (κ3) is 3.00. The van der Waals surface area contributed by atoms with E-state index in [1.165, 1.54) is 12.1 Å². The van der Waals surface area contributed by atoms with Gasteiger partial charge in [0.15, 0.2) is 0 Å². The van der Waals surface area contributed by atoms with Crippen LogP contribution in [0.4, 0.5) is 11.4 Å². The number of rotatable bonds is 3. The highest BCUT2D eigenvalue weighted by atomic mass is 35.5. The first kappa shape index (κ1) is 12.1. The zero-order valence-electron chi connectivity index (χ0n) is 8.49. The summed E-state index contributed by atoms with van der Waals surface area (Å²) in [6.07, 6.45) is 0. The Kier molecular flexibility index (Phi) is 3.46. The van der Waals surface area contributed by atoms with Crippen LogP contribution in [0.2, 0.25) is 5.02 Å². The van der Waals surface area contributed by atoms with Gasteiger partial charge >= 0.3 is 0 Å². The van der Waals surface area contributed by atoms with E-state index in [9.17, 15) is 8.42 Å². The van der Waals surface area contributed by atoms with Crippen molar-refractivity contribution in [1.82, 2.24) is 0 Å². The summed E-state index contributed by atoms with van der Waals surface area (Å²) in [7, 11) is -3.36. The zero-order valence-corrected chi connectivity index (χ0v) is 10.1. The Morgan fingerprint density at radius 2 is 2.00 bits per heavy atom. The molecule has 4 nitrogen and oxygen atoms in total. The minimum atomic E-state index is -3.36. The Hall–Kier alpha value is -0.940. The Morgan fingerprint density at radius 3 is 2.47 bits per heavy atom. The highest BCUT2D eigenvalue weighted by Crippen LogP contribution is 2.24. The summed E-state index contributed by atoms with van der Waals surface area (Å²) in [5.41, 5.74) is 6.28. The topological polar surface area (TPSA) is 72.2 Å². The molecule has 1 aromatic carbocycles. The number of nitrogens with two attached hydrogens (primary N) is 1. The molecule has 0 aliphatic heterocycles. The summed E-state index contributed by atoms with van der Waals surface area (Å²) in [5, 5.41) is -0.0347. The lowest BCUT2D eigenvalue weighted by Gasteiger charge is -2.12. The minimum absolute atomic E-state index is 0.312. The lowest BCUT2D eigenvalue weighted by Crippen LogP contribution is -2.22. The summed E-state index contributed by atoms with van der Waals surface area (Å²) < 4.78 is 25.5. The largest absolute Gasteiger partial charge is 0.397 e. The van der Waals surface area contributed by atoms with Crippen LogP contribution < -0.4 is 10.5 Å². The molecule has 0 aromatic heterocycles. The molecule has 0 heterocycles. The molecule has 0 atom stereocenters. The number of hydrogen-bond acceptors (Lipinski definition) is 3. The van der Waals surface area contributed by atoms with Crippen LogP contribution in [0.15, 0.2) is 18.2 Å². The maximum atomic E-state index is 11.5. The van der Waals surface area contributed by atoms with Crippen LogP contribution in [-0.4, -0.2) is 13.7 Å². The number of anilines is 2. The van der Waals surface area contributed by atoms with Crippen LogP contribution in [0, 0.1) is 0 Å². The normalized spacial score (nSPS) is 11.7. The van der Waals surface area contributed by atoms with E-state index in [1.807, 2.05) is 0 Å². The second-order valence-electron chi connectivity index (χ2n) is 3.43. The molecule has 84 valence electrons. The van der Waals surface area contributed by atoms with Crippen LogP contribution in [0.3, 0.4) is 0 Å². The predicted molar refractivity (Wildman–Crippen MR) is 63.5 cm³/mol. The molecule has 0 amide bonds. The van der Waals surface area contributed by atoms with Crippen molar-refractivity contribution in [2.45, 2.75) is 19.1 Å². The van der Waals surface area contributed by atoms with E-state index in [-0.39, 0.29) is 0 Å². The lowest BCUT2D eigenvalue weighted by atomic mass is 10.3. The van der Waals surface area contributed by atoms with Crippen molar-refractivity contribution < 1.29 is 8.42 Å².